The summed E-state index contributed by atoms with van der Waals surface area (Å²) in [6, 6.07) is 4.57. The number of phenolic OH excluding ortho intramolecular Hbond substituents is 1. The van der Waals surface area contributed by atoms with Gasteiger partial charge in [0.25, 0.3) is 5.91 Å². The quantitative estimate of drug-likeness (QED) is 0.673. The normalized spacial score (nSPS) is 17.9. The highest BCUT2D eigenvalue weighted by Crippen LogP contribution is 2.29. The van der Waals surface area contributed by atoms with Crippen LogP contribution >= 0.6 is 23.4 Å². The molecule has 0 bridgehead atoms. The van der Waals surface area contributed by atoms with Crippen LogP contribution in [0.2, 0.25) is 5.02 Å². The number of benzene rings is 1. The van der Waals surface area contributed by atoms with Crippen molar-refractivity contribution in [1.82, 2.24) is 5.32 Å². The summed E-state index contributed by atoms with van der Waals surface area (Å²) in [6.45, 7) is 0. The van der Waals surface area contributed by atoms with Gasteiger partial charge in [-0.3, -0.25) is 10.2 Å². The number of carbonyl (C=O) groups is 1. The summed E-state index contributed by atoms with van der Waals surface area (Å²) >= 11 is 6.79. The van der Waals surface area contributed by atoms with E-state index in [1.54, 1.807) is 12.1 Å². The second kappa shape index (κ2) is 4.19. The van der Waals surface area contributed by atoms with Crippen molar-refractivity contribution >= 4 is 40.5 Å². The number of rotatable bonds is 1. The van der Waals surface area contributed by atoms with E-state index in [1.165, 1.54) is 12.1 Å². The Morgan fingerprint density at radius 2 is 2.25 bits per heavy atom. The first-order valence-corrected chi connectivity index (χ1v) is 5.53. The highest BCUT2D eigenvalue weighted by Gasteiger charge is 2.22. The monoisotopic (exact) mass is 254 g/mol. The van der Waals surface area contributed by atoms with E-state index in [4.69, 9.17) is 17.0 Å². The molecule has 4 nitrogen and oxygen atoms in total. The van der Waals surface area contributed by atoms with Gasteiger partial charge in [-0.05, 0) is 36.0 Å². The average Bonchev–Trinajstić information content (AvgIpc) is 2.51. The average molecular weight is 255 g/mol. The molecule has 1 fully saturated rings. The van der Waals surface area contributed by atoms with Crippen LogP contribution < -0.4 is 5.32 Å². The molecule has 0 atom stereocenters. The Kier molecular flexibility index (Phi) is 2.89. The Morgan fingerprint density at radius 1 is 1.50 bits per heavy atom. The maximum atomic E-state index is 11.3. The van der Waals surface area contributed by atoms with Crippen molar-refractivity contribution in [3.05, 3.63) is 33.7 Å². The van der Waals surface area contributed by atoms with Crippen LogP contribution in [0, 0.1) is 5.41 Å². The molecule has 16 heavy (non-hydrogen) atoms. The lowest BCUT2D eigenvalue weighted by Gasteiger charge is -2.00. The van der Waals surface area contributed by atoms with Gasteiger partial charge in [0, 0.05) is 10.6 Å². The molecule has 0 spiro atoms. The minimum absolute atomic E-state index is 0.0451. The molecule has 1 amide bonds. The molecule has 2 rings (SSSR count). The molecule has 82 valence electrons. The van der Waals surface area contributed by atoms with Crippen LogP contribution in [0.25, 0.3) is 6.08 Å². The zero-order chi connectivity index (χ0) is 11.7. The third-order valence-electron chi connectivity index (χ3n) is 1.94. The van der Waals surface area contributed by atoms with Gasteiger partial charge >= 0.3 is 0 Å². The fraction of sp³-hybridized carbons (Fsp3) is 0. The summed E-state index contributed by atoms with van der Waals surface area (Å²) < 4.78 is 0. The van der Waals surface area contributed by atoms with Crippen LogP contribution in [0.15, 0.2) is 23.1 Å². The number of halogens is 1. The zero-order valence-corrected chi connectivity index (χ0v) is 9.52. The van der Waals surface area contributed by atoms with E-state index in [9.17, 15) is 9.90 Å². The number of carbonyl (C=O) groups excluding carboxylic acids is 1. The smallest absolute Gasteiger partial charge is 0.264 e. The predicted octanol–water partition coefficient (Wildman–Crippen LogP) is 2.18. The van der Waals surface area contributed by atoms with Crippen LogP contribution in [0.4, 0.5) is 0 Å². The minimum Gasteiger partial charge on any atom is -0.507 e. The van der Waals surface area contributed by atoms with Crippen molar-refractivity contribution in [2.24, 2.45) is 0 Å². The van der Waals surface area contributed by atoms with E-state index in [0.717, 1.165) is 11.8 Å². The molecule has 1 aliphatic rings. The molecule has 1 aromatic carbocycles. The van der Waals surface area contributed by atoms with E-state index < -0.39 is 0 Å². The Bertz CT molecular complexity index is 514. The predicted molar refractivity (Wildman–Crippen MR) is 64.6 cm³/mol. The first kappa shape index (κ1) is 11.0. The van der Waals surface area contributed by atoms with Gasteiger partial charge in [-0.1, -0.05) is 11.6 Å². The van der Waals surface area contributed by atoms with Crippen molar-refractivity contribution in [1.29, 1.82) is 5.41 Å². The highest BCUT2D eigenvalue weighted by atomic mass is 35.5. The molecule has 0 aromatic heterocycles. The van der Waals surface area contributed by atoms with Crippen LogP contribution in [-0.4, -0.2) is 16.2 Å². The van der Waals surface area contributed by atoms with Gasteiger partial charge < -0.3 is 10.4 Å². The number of amidine groups is 1. The molecule has 6 heteroatoms. The van der Waals surface area contributed by atoms with Crippen molar-refractivity contribution in [2.45, 2.75) is 0 Å². The minimum atomic E-state index is -0.339. The molecule has 3 N–H and O–H groups in total. The van der Waals surface area contributed by atoms with Gasteiger partial charge in [0.1, 0.15) is 5.75 Å². The van der Waals surface area contributed by atoms with Gasteiger partial charge in [-0.15, -0.1) is 0 Å². The highest BCUT2D eigenvalue weighted by molar-refractivity contribution is 8.18. The summed E-state index contributed by atoms with van der Waals surface area (Å²) in [5.41, 5.74) is 0.458. The van der Waals surface area contributed by atoms with Gasteiger partial charge in [-0.2, -0.15) is 0 Å². The van der Waals surface area contributed by atoms with E-state index in [1.807, 2.05) is 0 Å². The number of phenols is 1. The standard InChI is InChI=1S/C10H7ClN2O2S/c11-6-1-2-7(14)5(3-6)4-8-9(15)13-10(12)16-8/h1-4,14H,(H2,12,13,15)/b8-4+. The number of thioether (sulfide) groups is 1. The molecule has 1 heterocycles. The molecule has 1 aliphatic heterocycles. The molecular formula is C10H7ClN2O2S. The number of amides is 1. The van der Waals surface area contributed by atoms with E-state index in [2.05, 4.69) is 5.32 Å². The van der Waals surface area contributed by atoms with E-state index in [-0.39, 0.29) is 16.8 Å². The fourth-order valence-electron chi connectivity index (χ4n) is 1.22. The molecule has 0 aliphatic carbocycles. The largest absolute Gasteiger partial charge is 0.507 e. The maximum absolute atomic E-state index is 11.3. The topological polar surface area (TPSA) is 73.2 Å². The van der Waals surface area contributed by atoms with Gasteiger partial charge in [-0.25, -0.2) is 0 Å². The van der Waals surface area contributed by atoms with Crippen LogP contribution in [0.1, 0.15) is 5.56 Å². The Labute approximate surface area is 101 Å². The zero-order valence-electron chi connectivity index (χ0n) is 7.95. The summed E-state index contributed by atoms with van der Waals surface area (Å²) in [5.74, 6) is -0.293. The molecule has 0 saturated carbocycles. The van der Waals surface area contributed by atoms with Crippen molar-refractivity contribution in [3.8, 4) is 5.75 Å². The molecule has 0 radical (unpaired) electrons. The van der Waals surface area contributed by atoms with Gasteiger partial charge in [0.05, 0.1) is 4.91 Å². The van der Waals surface area contributed by atoms with Crippen LogP contribution in [-0.2, 0) is 4.79 Å². The fourth-order valence-corrected chi connectivity index (χ4v) is 2.10. The maximum Gasteiger partial charge on any atom is 0.264 e. The SMILES string of the molecule is N=C1NC(=O)/C(=C\c2cc(Cl)ccc2O)S1. The van der Waals surface area contributed by atoms with Gasteiger partial charge in [0.2, 0.25) is 0 Å². The van der Waals surface area contributed by atoms with Crippen LogP contribution in [0.5, 0.6) is 5.75 Å². The summed E-state index contributed by atoms with van der Waals surface area (Å²) in [7, 11) is 0. The third kappa shape index (κ3) is 2.20. The second-order valence-electron chi connectivity index (χ2n) is 3.10. The number of nitrogens with one attached hydrogen (secondary N) is 2. The summed E-state index contributed by atoms with van der Waals surface area (Å²) in [4.78, 5) is 11.7. The third-order valence-corrected chi connectivity index (χ3v) is 3.00. The Balaban J connectivity index is 2.39. The van der Waals surface area contributed by atoms with Crippen molar-refractivity contribution in [2.75, 3.05) is 0 Å². The molecule has 1 aromatic rings. The molecule has 0 unspecified atom stereocenters. The van der Waals surface area contributed by atoms with Crippen molar-refractivity contribution in [3.63, 3.8) is 0 Å². The Morgan fingerprint density at radius 3 is 2.88 bits per heavy atom. The molecule has 1 saturated heterocycles. The van der Waals surface area contributed by atoms with Gasteiger partial charge in [0.15, 0.2) is 5.17 Å². The molecular weight excluding hydrogens is 248 g/mol. The lowest BCUT2D eigenvalue weighted by molar-refractivity contribution is -0.115. The summed E-state index contributed by atoms with van der Waals surface area (Å²) in [6.07, 6.45) is 1.50. The van der Waals surface area contributed by atoms with Crippen molar-refractivity contribution < 1.29 is 9.90 Å². The summed E-state index contributed by atoms with van der Waals surface area (Å²) in [5, 5.41) is 19.7. The first-order valence-electron chi connectivity index (χ1n) is 4.34. The van der Waals surface area contributed by atoms with E-state index >= 15 is 0 Å². The second-order valence-corrected chi connectivity index (χ2v) is 4.59. The first-order chi connectivity index (χ1) is 7.56. The van der Waals surface area contributed by atoms with Crippen LogP contribution in [0.3, 0.4) is 0 Å². The van der Waals surface area contributed by atoms with E-state index in [0.29, 0.717) is 15.5 Å². The number of aromatic hydroxyl groups is 1. The number of hydrogen-bond acceptors (Lipinski definition) is 4. The lowest BCUT2D eigenvalue weighted by atomic mass is 10.2. The number of hydrogen-bond donors (Lipinski definition) is 3. The Hall–Kier alpha value is -1.46. The lowest BCUT2D eigenvalue weighted by Crippen LogP contribution is -2.18.